The Balaban J connectivity index is 2.93. The van der Waals surface area contributed by atoms with E-state index in [9.17, 15) is 17.6 Å². The van der Waals surface area contributed by atoms with Crippen LogP contribution in [0.2, 0.25) is 0 Å². The summed E-state index contributed by atoms with van der Waals surface area (Å²) in [4.78, 5) is 5.92. The Hall–Kier alpha value is -1.50. The minimum atomic E-state index is -4.69. The van der Waals surface area contributed by atoms with Crippen molar-refractivity contribution in [3.63, 3.8) is 0 Å². The molecule has 7 heteroatoms. The number of aromatic amines is 1. The first-order chi connectivity index (χ1) is 8.21. The Kier molecular flexibility index (Phi) is 2.89. The lowest BCUT2D eigenvalue weighted by molar-refractivity contribution is -0.141. The molecule has 0 aliphatic rings. The second-order valence-electron chi connectivity index (χ2n) is 3.94. The van der Waals surface area contributed by atoms with Gasteiger partial charge in [0.25, 0.3) is 0 Å². The fourth-order valence-electron chi connectivity index (χ4n) is 1.66. The monoisotopic (exact) mass is 276 g/mol. The summed E-state index contributed by atoms with van der Waals surface area (Å²) in [6.45, 7) is 2.70. The Morgan fingerprint density at radius 1 is 1.28 bits per heavy atom. The van der Waals surface area contributed by atoms with Crippen molar-refractivity contribution in [1.82, 2.24) is 9.97 Å². The van der Waals surface area contributed by atoms with Crippen LogP contribution in [-0.2, 0) is 6.18 Å². The fraction of sp³-hybridized carbons (Fsp3) is 0.273. The zero-order chi connectivity index (χ0) is 13.7. The molecule has 0 unspecified atom stereocenters. The average Bonchev–Trinajstić information content (AvgIpc) is 2.25. The van der Waals surface area contributed by atoms with Crippen molar-refractivity contribution < 1.29 is 17.6 Å². The number of alkyl halides is 3. The molecule has 2 rings (SSSR count). The van der Waals surface area contributed by atoms with Gasteiger partial charge in [0.05, 0.1) is 5.39 Å². The van der Waals surface area contributed by atoms with Crippen LogP contribution >= 0.6 is 12.2 Å². The van der Waals surface area contributed by atoms with Gasteiger partial charge in [0, 0.05) is 5.56 Å². The number of hydrogen-bond donors (Lipinski definition) is 1. The first-order valence-electron chi connectivity index (χ1n) is 4.98. The van der Waals surface area contributed by atoms with Gasteiger partial charge in [-0.1, -0.05) is 12.2 Å². The molecule has 0 spiro atoms. The van der Waals surface area contributed by atoms with Crippen LogP contribution in [0.3, 0.4) is 0 Å². The van der Waals surface area contributed by atoms with E-state index in [1.54, 1.807) is 6.92 Å². The lowest BCUT2D eigenvalue weighted by Crippen LogP contribution is -2.13. The number of rotatable bonds is 0. The van der Waals surface area contributed by atoms with E-state index in [1.807, 2.05) is 0 Å². The summed E-state index contributed by atoms with van der Waals surface area (Å²) in [7, 11) is 0. The summed E-state index contributed by atoms with van der Waals surface area (Å²) < 4.78 is 52.2. The number of aromatic nitrogens is 2. The van der Waals surface area contributed by atoms with Gasteiger partial charge < -0.3 is 4.98 Å². The van der Waals surface area contributed by atoms with Crippen molar-refractivity contribution in [2.24, 2.45) is 0 Å². The molecule has 2 aromatic rings. The first kappa shape index (κ1) is 12.9. The molecule has 0 amide bonds. The number of halogens is 4. The SMILES string of the molecule is Cc1c(C(F)(F)F)nc2[nH]c(=S)c(C)cc2c1F. The second-order valence-corrected chi connectivity index (χ2v) is 4.35. The molecule has 18 heavy (non-hydrogen) atoms. The number of nitrogens with zero attached hydrogens (tertiary/aromatic N) is 1. The molecule has 0 aliphatic carbocycles. The van der Waals surface area contributed by atoms with Crippen LogP contribution < -0.4 is 0 Å². The van der Waals surface area contributed by atoms with Crippen molar-refractivity contribution in [3.05, 3.63) is 33.3 Å². The molecular weight excluding hydrogens is 268 g/mol. The van der Waals surface area contributed by atoms with Crippen LogP contribution in [0.4, 0.5) is 17.6 Å². The van der Waals surface area contributed by atoms with Crippen LogP contribution in [0.1, 0.15) is 16.8 Å². The summed E-state index contributed by atoms with van der Waals surface area (Å²) in [5.74, 6) is -0.929. The third-order valence-corrected chi connectivity index (χ3v) is 3.04. The van der Waals surface area contributed by atoms with Crippen molar-refractivity contribution in [3.8, 4) is 0 Å². The highest BCUT2D eigenvalue weighted by Crippen LogP contribution is 2.33. The maximum absolute atomic E-state index is 13.9. The van der Waals surface area contributed by atoms with Crippen LogP contribution in [0, 0.1) is 24.3 Å². The zero-order valence-electron chi connectivity index (χ0n) is 9.44. The molecule has 0 aliphatic heterocycles. The molecule has 0 fully saturated rings. The highest BCUT2D eigenvalue weighted by Gasteiger charge is 2.36. The molecule has 0 saturated heterocycles. The minimum Gasteiger partial charge on any atom is -0.330 e. The third-order valence-electron chi connectivity index (χ3n) is 2.62. The zero-order valence-corrected chi connectivity index (χ0v) is 10.3. The van der Waals surface area contributed by atoms with Gasteiger partial charge >= 0.3 is 6.18 Å². The van der Waals surface area contributed by atoms with Gasteiger partial charge in [-0.15, -0.1) is 0 Å². The Morgan fingerprint density at radius 2 is 1.89 bits per heavy atom. The smallest absolute Gasteiger partial charge is 0.330 e. The predicted octanol–water partition coefficient (Wildman–Crippen LogP) is 4.07. The molecule has 0 radical (unpaired) electrons. The third kappa shape index (κ3) is 1.98. The summed E-state index contributed by atoms with van der Waals surface area (Å²) in [5.41, 5.74) is -1.36. The number of fused-ring (bicyclic) bond motifs is 1. The normalized spacial score (nSPS) is 12.1. The topological polar surface area (TPSA) is 28.7 Å². The van der Waals surface area contributed by atoms with Crippen LogP contribution in [-0.4, -0.2) is 9.97 Å². The predicted molar refractivity (Wildman–Crippen MR) is 61.4 cm³/mol. The molecule has 0 bridgehead atoms. The first-order valence-corrected chi connectivity index (χ1v) is 5.39. The van der Waals surface area contributed by atoms with Gasteiger partial charge in [-0.05, 0) is 25.5 Å². The largest absolute Gasteiger partial charge is 0.433 e. The van der Waals surface area contributed by atoms with Crippen molar-refractivity contribution >= 4 is 23.3 Å². The highest BCUT2D eigenvalue weighted by atomic mass is 32.1. The molecule has 1 N–H and O–H groups in total. The highest BCUT2D eigenvalue weighted by molar-refractivity contribution is 7.71. The van der Waals surface area contributed by atoms with Gasteiger partial charge in [-0.25, -0.2) is 9.37 Å². The van der Waals surface area contributed by atoms with E-state index >= 15 is 0 Å². The molecule has 0 atom stereocenters. The maximum Gasteiger partial charge on any atom is 0.433 e. The van der Waals surface area contributed by atoms with Gasteiger partial charge in [0.2, 0.25) is 0 Å². The van der Waals surface area contributed by atoms with Gasteiger partial charge in [0.1, 0.15) is 16.1 Å². The van der Waals surface area contributed by atoms with Crippen molar-refractivity contribution in [1.29, 1.82) is 0 Å². The number of pyridine rings is 2. The summed E-state index contributed by atoms with van der Waals surface area (Å²) in [6, 6.07) is 1.39. The summed E-state index contributed by atoms with van der Waals surface area (Å²) in [5, 5.41) is 0.00611. The summed E-state index contributed by atoms with van der Waals surface area (Å²) >= 11 is 4.89. The van der Waals surface area contributed by atoms with E-state index in [0.29, 0.717) is 5.56 Å². The number of H-pyrrole nitrogens is 1. The molecule has 2 heterocycles. The Labute approximate surface area is 105 Å². The van der Waals surface area contributed by atoms with Crippen LogP contribution in [0.15, 0.2) is 6.07 Å². The molecule has 0 aromatic carbocycles. The van der Waals surface area contributed by atoms with E-state index in [4.69, 9.17) is 12.2 Å². The molecule has 0 saturated carbocycles. The quantitative estimate of drug-likeness (QED) is 0.580. The van der Waals surface area contributed by atoms with Crippen LogP contribution in [0.5, 0.6) is 0 Å². The van der Waals surface area contributed by atoms with Gasteiger partial charge in [-0.2, -0.15) is 13.2 Å². The van der Waals surface area contributed by atoms with E-state index in [-0.39, 0.29) is 15.7 Å². The lowest BCUT2D eigenvalue weighted by Gasteiger charge is -2.12. The molecular formula is C11H8F4N2S. The molecule has 2 nitrogen and oxygen atoms in total. The fourth-order valence-corrected chi connectivity index (χ4v) is 1.81. The second kappa shape index (κ2) is 4.01. The van der Waals surface area contributed by atoms with Gasteiger partial charge in [0.15, 0.2) is 5.69 Å². The number of nitrogens with one attached hydrogen (secondary N) is 1. The lowest BCUT2D eigenvalue weighted by atomic mass is 10.1. The van der Waals surface area contributed by atoms with Crippen LogP contribution in [0.25, 0.3) is 11.0 Å². The maximum atomic E-state index is 13.9. The van der Waals surface area contributed by atoms with E-state index in [1.165, 1.54) is 6.07 Å². The van der Waals surface area contributed by atoms with E-state index in [0.717, 1.165) is 6.92 Å². The van der Waals surface area contributed by atoms with E-state index in [2.05, 4.69) is 9.97 Å². The Morgan fingerprint density at radius 3 is 2.44 bits per heavy atom. The average molecular weight is 276 g/mol. The van der Waals surface area contributed by atoms with Crippen molar-refractivity contribution in [2.45, 2.75) is 20.0 Å². The standard InChI is InChI=1S/C11H8F4N2S/c1-4-3-6-7(12)5(2)8(11(13,14)15)16-9(6)17-10(4)18/h3H,1-2H3,(H,16,17,18). The van der Waals surface area contributed by atoms with E-state index < -0.39 is 23.3 Å². The van der Waals surface area contributed by atoms with Crippen molar-refractivity contribution in [2.75, 3.05) is 0 Å². The summed E-state index contributed by atoms with van der Waals surface area (Å²) in [6.07, 6.45) is -4.69. The molecule has 2 aromatic heterocycles. The number of hydrogen-bond acceptors (Lipinski definition) is 2. The molecule has 96 valence electrons. The minimum absolute atomic E-state index is 0.00611. The number of aryl methyl sites for hydroxylation is 1. The Bertz CT molecular complexity index is 688. The van der Waals surface area contributed by atoms with Gasteiger partial charge in [-0.3, -0.25) is 0 Å².